The molecular weight excluding hydrogens is 303 g/mol. The van der Waals surface area contributed by atoms with Gasteiger partial charge in [0.15, 0.2) is 0 Å². The summed E-state index contributed by atoms with van der Waals surface area (Å²) in [5.74, 6) is -0.962. The Morgan fingerprint density at radius 3 is 2.78 bits per heavy atom. The average Bonchev–Trinajstić information content (AvgIpc) is 2.52. The summed E-state index contributed by atoms with van der Waals surface area (Å²) in [6.07, 6.45) is -0.139. The van der Waals surface area contributed by atoms with Crippen molar-refractivity contribution in [3.8, 4) is 0 Å². The van der Waals surface area contributed by atoms with E-state index in [1.54, 1.807) is 19.9 Å². The van der Waals surface area contributed by atoms with Crippen molar-refractivity contribution in [1.82, 2.24) is 10.2 Å². The van der Waals surface area contributed by atoms with Crippen LogP contribution in [0.15, 0.2) is 18.2 Å². The van der Waals surface area contributed by atoms with E-state index in [2.05, 4.69) is 5.32 Å². The number of fused-ring (bicyclic) bond motifs is 1. The summed E-state index contributed by atoms with van der Waals surface area (Å²) in [4.78, 5) is 25.9. The highest BCUT2D eigenvalue weighted by molar-refractivity contribution is 5.88. The molecule has 1 aliphatic rings. The van der Waals surface area contributed by atoms with Gasteiger partial charge in [0.1, 0.15) is 11.9 Å². The van der Waals surface area contributed by atoms with Gasteiger partial charge in [0, 0.05) is 6.54 Å². The first kappa shape index (κ1) is 17.2. The Morgan fingerprint density at radius 2 is 2.17 bits per heavy atom. The third kappa shape index (κ3) is 3.61. The maximum Gasteiger partial charge on any atom is 0.410 e. The summed E-state index contributed by atoms with van der Waals surface area (Å²) < 4.78 is 18.4. The molecule has 126 valence electrons. The van der Waals surface area contributed by atoms with Crippen LogP contribution in [0.4, 0.5) is 9.18 Å². The monoisotopic (exact) mass is 324 g/mol. The van der Waals surface area contributed by atoms with Crippen LogP contribution in [0.1, 0.15) is 31.0 Å². The SMILES string of the molecule is COC(=O)N1CCc2ccc(F)cc2C1C(=O)NC(C)(C)CO. The van der Waals surface area contributed by atoms with E-state index in [9.17, 15) is 19.1 Å². The highest BCUT2D eigenvalue weighted by Crippen LogP contribution is 2.31. The van der Waals surface area contributed by atoms with Gasteiger partial charge in [0.05, 0.1) is 19.3 Å². The summed E-state index contributed by atoms with van der Waals surface area (Å²) in [6, 6.07) is 3.23. The Bertz CT molecular complexity index is 618. The number of ether oxygens (including phenoxy) is 1. The van der Waals surface area contributed by atoms with E-state index >= 15 is 0 Å². The maximum absolute atomic E-state index is 13.6. The highest BCUT2D eigenvalue weighted by Gasteiger charge is 2.38. The molecule has 1 atom stereocenters. The van der Waals surface area contributed by atoms with Crippen LogP contribution >= 0.6 is 0 Å². The van der Waals surface area contributed by atoms with Gasteiger partial charge in [-0.2, -0.15) is 0 Å². The largest absolute Gasteiger partial charge is 0.453 e. The number of halogens is 1. The van der Waals surface area contributed by atoms with Crippen molar-refractivity contribution >= 4 is 12.0 Å². The van der Waals surface area contributed by atoms with Crippen LogP contribution in [0, 0.1) is 5.82 Å². The third-order valence-corrected chi connectivity index (χ3v) is 3.85. The van der Waals surface area contributed by atoms with Gasteiger partial charge in [-0.05, 0) is 43.5 Å². The summed E-state index contributed by atoms with van der Waals surface area (Å²) in [6.45, 7) is 3.34. The Balaban J connectivity index is 2.42. The van der Waals surface area contributed by atoms with Gasteiger partial charge in [-0.1, -0.05) is 6.07 Å². The quantitative estimate of drug-likeness (QED) is 0.880. The molecule has 2 amide bonds. The Hall–Kier alpha value is -2.15. The zero-order valence-electron chi connectivity index (χ0n) is 13.4. The average molecular weight is 324 g/mol. The summed E-state index contributed by atoms with van der Waals surface area (Å²) in [5, 5.41) is 12.0. The van der Waals surface area contributed by atoms with E-state index in [4.69, 9.17) is 4.74 Å². The number of aliphatic hydroxyl groups is 1. The fraction of sp³-hybridized carbons (Fsp3) is 0.500. The molecule has 2 rings (SSSR count). The Kier molecular flexibility index (Phi) is 4.89. The molecule has 7 heteroatoms. The second kappa shape index (κ2) is 6.54. The highest BCUT2D eigenvalue weighted by atomic mass is 19.1. The fourth-order valence-electron chi connectivity index (χ4n) is 2.62. The second-order valence-electron chi connectivity index (χ2n) is 6.19. The first-order valence-electron chi connectivity index (χ1n) is 7.35. The summed E-state index contributed by atoms with van der Waals surface area (Å²) in [7, 11) is 1.23. The third-order valence-electron chi connectivity index (χ3n) is 3.85. The Morgan fingerprint density at radius 1 is 1.48 bits per heavy atom. The molecule has 0 aromatic heterocycles. The molecular formula is C16H21FN2O4. The zero-order valence-corrected chi connectivity index (χ0v) is 13.4. The minimum Gasteiger partial charge on any atom is -0.453 e. The van der Waals surface area contributed by atoms with Crippen LogP contribution in [-0.2, 0) is 16.0 Å². The van der Waals surface area contributed by atoms with E-state index in [1.807, 2.05) is 0 Å². The number of nitrogens with one attached hydrogen (secondary N) is 1. The van der Waals surface area contributed by atoms with Crippen LogP contribution in [0.2, 0.25) is 0 Å². The molecule has 1 aromatic rings. The predicted octanol–water partition coefficient (Wildman–Crippen LogP) is 1.38. The van der Waals surface area contributed by atoms with Crippen LogP contribution in [0.25, 0.3) is 0 Å². The van der Waals surface area contributed by atoms with E-state index < -0.39 is 29.4 Å². The van der Waals surface area contributed by atoms with Gasteiger partial charge in [-0.25, -0.2) is 9.18 Å². The number of hydrogen-bond donors (Lipinski definition) is 2. The fourth-order valence-corrected chi connectivity index (χ4v) is 2.62. The molecule has 0 aliphatic carbocycles. The molecule has 0 radical (unpaired) electrons. The predicted molar refractivity (Wildman–Crippen MR) is 81.3 cm³/mol. The second-order valence-corrected chi connectivity index (χ2v) is 6.19. The molecule has 0 spiro atoms. The zero-order chi connectivity index (χ0) is 17.2. The molecule has 1 aromatic carbocycles. The summed E-state index contributed by atoms with van der Waals surface area (Å²) in [5.41, 5.74) is 0.394. The van der Waals surface area contributed by atoms with Crippen molar-refractivity contribution < 1.29 is 23.8 Å². The lowest BCUT2D eigenvalue weighted by atomic mass is 9.91. The van der Waals surface area contributed by atoms with E-state index in [0.717, 1.165) is 5.56 Å². The molecule has 0 bridgehead atoms. The molecule has 0 fully saturated rings. The van der Waals surface area contributed by atoms with Crippen LogP contribution < -0.4 is 5.32 Å². The first-order valence-corrected chi connectivity index (χ1v) is 7.35. The number of nitrogens with zero attached hydrogens (tertiary/aromatic N) is 1. The van der Waals surface area contributed by atoms with Crippen molar-refractivity contribution in [1.29, 1.82) is 0 Å². The van der Waals surface area contributed by atoms with Crippen molar-refractivity contribution in [2.75, 3.05) is 20.3 Å². The van der Waals surface area contributed by atoms with Gasteiger partial charge in [0.2, 0.25) is 5.91 Å². The maximum atomic E-state index is 13.6. The molecule has 23 heavy (non-hydrogen) atoms. The number of amides is 2. The number of rotatable bonds is 3. The van der Waals surface area contributed by atoms with Gasteiger partial charge in [0.25, 0.3) is 0 Å². The molecule has 1 unspecified atom stereocenters. The number of benzene rings is 1. The molecule has 1 heterocycles. The van der Waals surface area contributed by atoms with Crippen molar-refractivity contribution in [3.63, 3.8) is 0 Å². The van der Waals surface area contributed by atoms with Crippen molar-refractivity contribution in [3.05, 3.63) is 35.1 Å². The number of carbonyl (C=O) groups is 2. The smallest absolute Gasteiger partial charge is 0.410 e. The van der Waals surface area contributed by atoms with Crippen molar-refractivity contribution in [2.24, 2.45) is 0 Å². The molecule has 0 saturated carbocycles. The number of hydrogen-bond acceptors (Lipinski definition) is 4. The number of carbonyl (C=O) groups excluding carboxylic acids is 2. The lowest BCUT2D eigenvalue weighted by molar-refractivity contribution is -0.128. The minimum absolute atomic E-state index is 0.264. The lowest BCUT2D eigenvalue weighted by Crippen LogP contribution is -2.53. The molecule has 6 nitrogen and oxygen atoms in total. The van der Waals surface area contributed by atoms with Crippen LogP contribution in [-0.4, -0.2) is 47.8 Å². The first-order chi connectivity index (χ1) is 10.8. The topological polar surface area (TPSA) is 78.9 Å². The van der Waals surface area contributed by atoms with E-state index in [0.29, 0.717) is 18.5 Å². The molecule has 0 saturated heterocycles. The van der Waals surface area contributed by atoms with Gasteiger partial charge >= 0.3 is 6.09 Å². The van der Waals surface area contributed by atoms with Crippen molar-refractivity contribution in [2.45, 2.75) is 31.8 Å². The van der Waals surface area contributed by atoms with E-state index in [-0.39, 0.29) is 6.61 Å². The Labute approximate surface area is 134 Å². The molecule has 2 N–H and O–H groups in total. The normalized spacial score (nSPS) is 17.4. The van der Waals surface area contributed by atoms with Crippen LogP contribution in [0.3, 0.4) is 0 Å². The molecule has 1 aliphatic heterocycles. The standard InChI is InChI=1S/C16H21FN2O4/c1-16(2,9-20)18-14(21)13-12-8-11(17)5-4-10(12)6-7-19(13)15(22)23-3/h4-5,8,13,20H,6-7,9H2,1-3H3,(H,18,21). The van der Waals surface area contributed by atoms with Gasteiger partial charge in [-0.15, -0.1) is 0 Å². The van der Waals surface area contributed by atoms with Gasteiger partial charge in [-0.3, -0.25) is 9.69 Å². The summed E-state index contributed by atoms with van der Waals surface area (Å²) >= 11 is 0. The minimum atomic E-state index is -0.993. The number of methoxy groups -OCH3 is 1. The van der Waals surface area contributed by atoms with Crippen LogP contribution in [0.5, 0.6) is 0 Å². The lowest BCUT2D eigenvalue weighted by Gasteiger charge is -2.37. The van der Waals surface area contributed by atoms with E-state index in [1.165, 1.54) is 24.1 Å². The number of aliphatic hydroxyl groups excluding tert-OH is 1. The van der Waals surface area contributed by atoms with Gasteiger partial charge < -0.3 is 15.2 Å².